The zero-order chi connectivity index (χ0) is 19.9. The number of nitrogens with zero attached hydrogens (tertiary/aromatic N) is 2. The monoisotopic (exact) mass is 396 g/mol. The van der Waals surface area contributed by atoms with Gasteiger partial charge in [-0.05, 0) is 37.1 Å². The van der Waals surface area contributed by atoms with E-state index in [2.05, 4.69) is 32.7 Å². The highest BCUT2D eigenvalue weighted by molar-refractivity contribution is 6.32. The van der Waals surface area contributed by atoms with Gasteiger partial charge in [-0.25, -0.2) is 9.97 Å². The minimum absolute atomic E-state index is 0.279. The molecule has 0 aliphatic heterocycles. The topological polar surface area (TPSA) is 76.1 Å². The fourth-order valence-electron chi connectivity index (χ4n) is 2.69. The van der Waals surface area contributed by atoms with Gasteiger partial charge in [-0.3, -0.25) is 4.79 Å². The molecule has 28 heavy (non-hydrogen) atoms. The second kappa shape index (κ2) is 9.19. The summed E-state index contributed by atoms with van der Waals surface area (Å²) in [4.78, 5) is 21.2. The van der Waals surface area contributed by atoms with Crippen molar-refractivity contribution >= 4 is 29.0 Å². The van der Waals surface area contributed by atoms with E-state index in [0.29, 0.717) is 34.6 Å². The van der Waals surface area contributed by atoms with Crippen molar-refractivity contribution in [2.24, 2.45) is 0 Å². The van der Waals surface area contributed by atoms with Gasteiger partial charge >= 0.3 is 0 Å². The predicted octanol–water partition coefficient (Wildman–Crippen LogP) is 4.35. The van der Waals surface area contributed by atoms with E-state index in [9.17, 15) is 4.79 Å². The number of methoxy groups -OCH3 is 1. The molecule has 0 aliphatic carbocycles. The summed E-state index contributed by atoms with van der Waals surface area (Å²) >= 11 is 6.11. The first-order valence-electron chi connectivity index (χ1n) is 8.83. The number of nitrogens with one attached hydrogen (secondary N) is 2. The first-order chi connectivity index (χ1) is 13.5. The third kappa shape index (κ3) is 5.20. The molecular weight excluding hydrogens is 376 g/mol. The van der Waals surface area contributed by atoms with E-state index in [1.807, 2.05) is 18.2 Å². The van der Waals surface area contributed by atoms with Gasteiger partial charge in [0.1, 0.15) is 23.1 Å². The van der Waals surface area contributed by atoms with E-state index in [4.69, 9.17) is 16.3 Å². The van der Waals surface area contributed by atoms with Gasteiger partial charge in [-0.1, -0.05) is 41.9 Å². The molecule has 7 heteroatoms. The summed E-state index contributed by atoms with van der Waals surface area (Å²) in [6.07, 6.45) is 0.857. The third-order valence-corrected chi connectivity index (χ3v) is 4.34. The van der Waals surface area contributed by atoms with Crippen LogP contribution in [0.15, 0.2) is 54.6 Å². The molecule has 1 amide bonds. The Bertz CT molecular complexity index is 964. The van der Waals surface area contributed by atoms with Gasteiger partial charge in [0.2, 0.25) is 0 Å². The van der Waals surface area contributed by atoms with Crippen molar-refractivity contribution in [3.8, 4) is 5.75 Å². The van der Waals surface area contributed by atoms with Crippen LogP contribution < -0.4 is 15.4 Å². The van der Waals surface area contributed by atoms with Crippen LogP contribution in [0.5, 0.6) is 5.75 Å². The van der Waals surface area contributed by atoms with Gasteiger partial charge in [0.05, 0.1) is 12.1 Å². The largest absolute Gasteiger partial charge is 0.495 e. The number of halogens is 1. The van der Waals surface area contributed by atoms with E-state index in [1.54, 1.807) is 31.2 Å². The molecule has 0 spiro atoms. The van der Waals surface area contributed by atoms with Crippen molar-refractivity contribution in [3.05, 3.63) is 76.7 Å². The number of aromatic nitrogens is 2. The summed E-state index contributed by atoms with van der Waals surface area (Å²) in [5.41, 5.74) is 2.07. The molecule has 2 N–H and O–H groups in total. The Morgan fingerprint density at radius 2 is 1.89 bits per heavy atom. The van der Waals surface area contributed by atoms with Crippen molar-refractivity contribution in [2.75, 3.05) is 24.3 Å². The summed E-state index contributed by atoms with van der Waals surface area (Å²) in [5.74, 6) is 1.34. The quantitative estimate of drug-likeness (QED) is 0.620. The molecule has 2 aromatic carbocycles. The molecule has 0 unspecified atom stereocenters. The maximum atomic E-state index is 12.6. The number of carbonyl (C=O) groups is 1. The molecule has 0 fully saturated rings. The van der Waals surface area contributed by atoms with Crippen LogP contribution in [0, 0.1) is 6.92 Å². The Balaban J connectivity index is 1.66. The lowest BCUT2D eigenvalue weighted by Crippen LogP contribution is -2.16. The number of anilines is 2. The minimum atomic E-state index is -0.335. The molecule has 1 heterocycles. The van der Waals surface area contributed by atoms with Crippen molar-refractivity contribution < 1.29 is 9.53 Å². The van der Waals surface area contributed by atoms with Crippen LogP contribution in [-0.2, 0) is 6.42 Å². The van der Waals surface area contributed by atoms with E-state index < -0.39 is 0 Å². The van der Waals surface area contributed by atoms with Crippen LogP contribution in [0.1, 0.15) is 21.9 Å². The van der Waals surface area contributed by atoms with Crippen molar-refractivity contribution in [1.29, 1.82) is 0 Å². The third-order valence-electron chi connectivity index (χ3n) is 4.04. The van der Waals surface area contributed by atoms with E-state index in [-0.39, 0.29) is 11.6 Å². The highest BCUT2D eigenvalue weighted by atomic mass is 35.5. The second-order valence-corrected chi connectivity index (χ2v) is 6.56. The highest BCUT2D eigenvalue weighted by Crippen LogP contribution is 2.27. The number of benzene rings is 2. The van der Waals surface area contributed by atoms with Gasteiger partial charge in [0, 0.05) is 18.3 Å². The number of rotatable bonds is 7. The summed E-state index contributed by atoms with van der Waals surface area (Å²) in [6.45, 7) is 2.46. The normalized spacial score (nSPS) is 10.4. The molecule has 3 rings (SSSR count). The van der Waals surface area contributed by atoms with Crippen molar-refractivity contribution in [2.45, 2.75) is 13.3 Å². The van der Waals surface area contributed by atoms with E-state index in [1.165, 1.54) is 12.7 Å². The molecular formula is C21H21ClN4O2. The van der Waals surface area contributed by atoms with Gasteiger partial charge in [-0.15, -0.1) is 0 Å². The first kappa shape index (κ1) is 19.6. The van der Waals surface area contributed by atoms with Crippen molar-refractivity contribution in [1.82, 2.24) is 9.97 Å². The SMILES string of the molecule is COc1ccc(NC(=O)c2cc(NCCc3ccccc3)nc(C)n2)cc1Cl. The van der Waals surface area contributed by atoms with E-state index >= 15 is 0 Å². The lowest BCUT2D eigenvalue weighted by Gasteiger charge is -2.10. The lowest BCUT2D eigenvalue weighted by atomic mass is 10.1. The van der Waals surface area contributed by atoms with Gasteiger partial charge < -0.3 is 15.4 Å². The molecule has 3 aromatic rings. The van der Waals surface area contributed by atoms with Gasteiger partial charge in [-0.2, -0.15) is 0 Å². The molecule has 0 aliphatic rings. The number of hydrogen-bond acceptors (Lipinski definition) is 5. The van der Waals surface area contributed by atoms with E-state index in [0.717, 1.165) is 6.42 Å². The maximum absolute atomic E-state index is 12.6. The van der Waals surface area contributed by atoms with Gasteiger partial charge in [0.15, 0.2) is 0 Å². The Morgan fingerprint density at radius 1 is 1.11 bits per heavy atom. The van der Waals surface area contributed by atoms with Crippen LogP contribution in [0.25, 0.3) is 0 Å². The molecule has 0 atom stereocenters. The number of aryl methyl sites for hydroxylation is 1. The molecule has 6 nitrogen and oxygen atoms in total. The molecule has 0 saturated heterocycles. The summed E-state index contributed by atoms with van der Waals surface area (Å²) in [5, 5.41) is 6.46. The summed E-state index contributed by atoms with van der Waals surface area (Å²) in [6, 6.07) is 16.8. The minimum Gasteiger partial charge on any atom is -0.495 e. The fraction of sp³-hybridized carbons (Fsp3) is 0.190. The number of amides is 1. The Morgan fingerprint density at radius 3 is 2.61 bits per heavy atom. The molecule has 1 aromatic heterocycles. The first-order valence-corrected chi connectivity index (χ1v) is 9.21. The fourth-order valence-corrected chi connectivity index (χ4v) is 2.95. The summed E-state index contributed by atoms with van der Waals surface area (Å²) in [7, 11) is 1.54. The second-order valence-electron chi connectivity index (χ2n) is 6.15. The smallest absolute Gasteiger partial charge is 0.274 e. The molecule has 144 valence electrons. The van der Waals surface area contributed by atoms with Crippen LogP contribution in [0.2, 0.25) is 5.02 Å². The van der Waals surface area contributed by atoms with Crippen LogP contribution >= 0.6 is 11.6 Å². The van der Waals surface area contributed by atoms with Gasteiger partial charge in [0.25, 0.3) is 5.91 Å². The van der Waals surface area contributed by atoms with Crippen LogP contribution in [0.4, 0.5) is 11.5 Å². The molecule has 0 saturated carbocycles. The molecule has 0 bridgehead atoms. The number of hydrogen-bond donors (Lipinski definition) is 2. The maximum Gasteiger partial charge on any atom is 0.274 e. The van der Waals surface area contributed by atoms with Crippen molar-refractivity contribution in [3.63, 3.8) is 0 Å². The lowest BCUT2D eigenvalue weighted by molar-refractivity contribution is 0.102. The molecule has 0 radical (unpaired) electrons. The number of carbonyl (C=O) groups excluding carboxylic acids is 1. The average molecular weight is 397 g/mol. The Hall–Kier alpha value is -3.12. The zero-order valence-corrected chi connectivity index (χ0v) is 16.5. The summed E-state index contributed by atoms with van der Waals surface area (Å²) < 4.78 is 5.12. The highest BCUT2D eigenvalue weighted by Gasteiger charge is 2.12. The Kier molecular flexibility index (Phi) is 6.45. The van der Waals surface area contributed by atoms with Crippen LogP contribution in [0.3, 0.4) is 0 Å². The zero-order valence-electron chi connectivity index (χ0n) is 15.7. The predicted molar refractivity (Wildman–Crippen MR) is 111 cm³/mol. The standard InChI is InChI=1S/C21H21ClN4O2/c1-14-24-18(21(27)26-16-8-9-19(28-2)17(22)12-16)13-20(25-14)23-11-10-15-6-4-3-5-7-15/h3-9,12-13H,10-11H2,1-2H3,(H,26,27)(H,23,24,25). The van der Waals surface area contributed by atoms with Crippen LogP contribution in [-0.4, -0.2) is 29.5 Å². The number of ether oxygens (including phenoxy) is 1. The average Bonchev–Trinajstić information content (AvgIpc) is 2.68. The Labute approximate surface area is 168 Å².